The van der Waals surface area contributed by atoms with Gasteiger partial charge < -0.3 is 9.64 Å². The van der Waals surface area contributed by atoms with Gasteiger partial charge in [-0.05, 0) is 6.42 Å². The maximum Gasteiger partial charge on any atom is 0.308 e. The molecule has 0 aliphatic rings. The molecule has 1 N–H and O–H groups in total. The summed E-state index contributed by atoms with van der Waals surface area (Å²) < 4.78 is 5.05. The summed E-state index contributed by atoms with van der Waals surface area (Å²) in [4.78, 5) is 12.4. The molecule has 0 spiro atoms. The SMILES string of the molecule is CCC(C)C(=O)OCC[NH+](C)C. The molecule has 0 saturated carbocycles. The summed E-state index contributed by atoms with van der Waals surface area (Å²) in [6.45, 7) is 5.29. The predicted molar refractivity (Wildman–Crippen MR) is 48.1 cm³/mol. The van der Waals surface area contributed by atoms with Gasteiger partial charge in [0.05, 0.1) is 20.0 Å². The van der Waals surface area contributed by atoms with Crippen molar-refractivity contribution in [1.29, 1.82) is 0 Å². The highest BCUT2D eigenvalue weighted by Crippen LogP contribution is 2.01. The van der Waals surface area contributed by atoms with Gasteiger partial charge in [-0.25, -0.2) is 0 Å². The third kappa shape index (κ3) is 5.13. The molecule has 0 aromatic carbocycles. The molecule has 3 nitrogen and oxygen atoms in total. The topological polar surface area (TPSA) is 30.7 Å². The van der Waals surface area contributed by atoms with E-state index in [0.29, 0.717) is 6.61 Å². The van der Waals surface area contributed by atoms with Crippen molar-refractivity contribution in [2.45, 2.75) is 20.3 Å². The van der Waals surface area contributed by atoms with E-state index in [1.54, 1.807) is 0 Å². The van der Waals surface area contributed by atoms with Gasteiger partial charge in [0.25, 0.3) is 0 Å². The third-order valence-electron chi connectivity index (χ3n) is 1.86. The van der Waals surface area contributed by atoms with Crippen LogP contribution in [-0.2, 0) is 9.53 Å². The molecule has 12 heavy (non-hydrogen) atoms. The molecule has 0 heterocycles. The normalized spacial score (nSPS) is 13.1. The number of carbonyl (C=O) groups excluding carboxylic acids is 1. The number of quaternary nitrogens is 1. The quantitative estimate of drug-likeness (QED) is 0.581. The van der Waals surface area contributed by atoms with Crippen molar-refractivity contribution in [2.75, 3.05) is 27.2 Å². The number of rotatable bonds is 5. The van der Waals surface area contributed by atoms with E-state index < -0.39 is 0 Å². The molecule has 3 heteroatoms. The maximum absolute atomic E-state index is 11.1. The zero-order chi connectivity index (χ0) is 9.56. The fraction of sp³-hybridized carbons (Fsp3) is 0.889. The van der Waals surface area contributed by atoms with Crippen LogP contribution in [0.3, 0.4) is 0 Å². The van der Waals surface area contributed by atoms with E-state index in [9.17, 15) is 4.79 Å². The lowest BCUT2D eigenvalue weighted by atomic mass is 10.1. The minimum absolute atomic E-state index is 0.0437. The lowest BCUT2D eigenvalue weighted by Crippen LogP contribution is -3.06. The summed E-state index contributed by atoms with van der Waals surface area (Å²) in [5.74, 6) is -0.0269. The van der Waals surface area contributed by atoms with Gasteiger partial charge in [0.15, 0.2) is 0 Å². The van der Waals surface area contributed by atoms with Crippen LogP contribution in [-0.4, -0.2) is 33.2 Å². The van der Waals surface area contributed by atoms with Crippen molar-refractivity contribution in [3.8, 4) is 0 Å². The molecule has 1 atom stereocenters. The maximum atomic E-state index is 11.1. The van der Waals surface area contributed by atoms with E-state index in [-0.39, 0.29) is 11.9 Å². The largest absolute Gasteiger partial charge is 0.459 e. The van der Waals surface area contributed by atoms with Crippen LogP contribution in [0.2, 0.25) is 0 Å². The van der Waals surface area contributed by atoms with Crippen LogP contribution in [0.1, 0.15) is 20.3 Å². The zero-order valence-electron chi connectivity index (χ0n) is 8.52. The van der Waals surface area contributed by atoms with Gasteiger partial charge in [0, 0.05) is 0 Å². The molecule has 0 aromatic rings. The van der Waals surface area contributed by atoms with Crippen molar-refractivity contribution < 1.29 is 14.4 Å². The van der Waals surface area contributed by atoms with Gasteiger partial charge in [-0.2, -0.15) is 0 Å². The highest BCUT2D eigenvalue weighted by atomic mass is 16.5. The summed E-state index contributed by atoms with van der Waals surface area (Å²) in [5.41, 5.74) is 0. The predicted octanol–water partition coefficient (Wildman–Crippen LogP) is -0.280. The van der Waals surface area contributed by atoms with Gasteiger partial charge in [-0.1, -0.05) is 13.8 Å². The van der Waals surface area contributed by atoms with Crippen LogP contribution in [0.25, 0.3) is 0 Å². The zero-order valence-corrected chi connectivity index (χ0v) is 8.52. The summed E-state index contributed by atoms with van der Waals surface area (Å²) in [7, 11) is 4.08. The number of carbonyl (C=O) groups is 1. The Morgan fingerprint density at radius 2 is 2.08 bits per heavy atom. The second-order valence-electron chi connectivity index (χ2n) is 3.43. The lowest BCUT2D eigenvalue weighted by Gasteiger charge is -2.10. The van der Waals surface area contributed by atoms with Crippen LogP contribution in [0.15, 0.2) is 0 Å². The fourth-order valence-corrected chi connectivity index (χ4v) is 0.665. The molecule has 0 aromatic heterocycles. The number of hydrogen-bond acceptors (Lipinski definition) is 2. The standard InChI is InChI=1S/C9H19NO2/c1-5-8(2)9(11)12-7-6-10(3)4/h8H,5-7H2,1-4H3/p+1. The van der Waals surface area contributed by atoms with E-state index >= 15 is 0 Å². The first kappa shape index (κ1) is 11.4. The second-order valence-corrected chi connectivity index (χ2v) is 3.43. The molecule has 0 rings (SSSR count). The van der Waals surface area contributed by atoms with Crippen LogP contribution < -0.4 is 4.90 Å². The molecule has 0 saturated heterocycles. The number of esters is 1. The van der Waals surface area contributed by atoms with E-state index in [1.165, 1.54) is 4.90 Å². The van der Waals surface area contributed by atoms with E-state index in [2.05, 4.69) is 0 Å². The molecule has 1 unspecified atom stereocenters. The first-order chi connectivity index (χ1) is 5.57. The number of nitrogens with one attached hydrogen (secondary N) is 1. The second kappa shape index (κ2) is 6.00. The third-order valence-corrected chi connectivity index (χ3v) is 1.86. The lowest BCUT2D eigenvalue weighted by molar-refractivity contribution is -0.858. The molecule has 0 aliphatic carbocycles. The summed E-state index contributed by atoms with van der Waals surface area (Å²) in [6.07, 6.45) is 0.855. The van der Waals surface area contributed by atoms with Crippen molar-refractivity contribution in [1.82, 2.24) is 0 Å². The fourth-order valence-electron chi connectivity index (χ4n) is 0.665. The van der Waals surface area contributed by atoms with Crippen LogP contribution in [0, 0.1) is 5.92 Å². The van der Waals surface area contributed by atoms with Crippen molar-refractivity contribution in [3.63, 3.8) is 0 Å². The van der Waals surface area contributed by atoms with Crippen LogP contribution in [0.4, 0.5) is 0 Å². The van der Waals surface area contributed by atoms with Gasteiger partial charge >= 0.3 is 5.97 Å². The minimum atomic E-state index is -0.0706. The molecule has 72 valence electrons. The van der Waals surface area contributed by atoms with Crippen molar-refractivity contribution in [3.05, 3.63) is 0 Å². The Bertz CT molecular complexity index is 134. The van der Waals surface area contributed by atoms with Crippen molar-refractivity contribution in [2.24, 2.45) is 5.92 Å². The first-order valence-corrected chi connectivity index (χ1v) is 4.53. The number of hydrogen-bond donors (Lipinski definition) is 1. The van der Waals surface area contributed by atoms with Crippen LogP contribution >= 0.6 is 0 Å². The molecule has 0 bridgehead atoms. The highest BCUT2D eigenvalue weighted by molar-refractivity contribution is 5.71. The van der Waals surface area contributed by atoms with E-state index in [4.69, 9.17) is 4.74 Å². The average molecular weight is 174 g/mol. The Labute approximate surface area is 74.7 Å². The number of likely N-dealkylation sites (N-methyl/N-ethyl adjacent to an activating group) is 1. The van der Waals surface area contributed by atoms with Gasteiger partial charge in [-0.15, -0.1) is 0 Å². The van der Waals surface area contributed by atoms with E-state index in [1.807, 2.05) is 27.9 Å². The molecule has 0 radical (unpaired) electrons. The Balaban J connectivity index is 3.44. The highest BCUT2D eigenvalue weighted by Gasteiger charge is 2.11. The molecule has 0 aliphatic heterocycles. The minimum Gasteiger partial charge on any atom is -0.459 e. The van der Waals surface area contributed by atoms with Crippen LogP contribution in [0.5, 0.6) is 0 Å². The Hall–Kier alpha value is -0.570. The monoisotopic (exact) mass is 174 g/mol. The first-order valence-electron chi connectivity index (χ1n) is 4.53. The molecule has 0 amide bonds. The Kier molecular flexibility index (Phi) is 5.72. The smallest absolute Gasteiger partial charge is 0.308 e. The molecular weight excluding hydrogens is 154 g/mol. The Morgan fingerprint density at radius 3 is 2.50 bits per heavy atom. The van der Waals surface area contributed by atoms with Gasteiger partial charge in [0.2, 0.25) is 0 Å². The van der Waals surface area contributed by atoms with E-state index in [0.717, 1.165) is 13.0 Å². The average Bonchev–Trinajstić information content (AvgIpc) is 2.02. The van der Waals surface area contributed by atoms with Gasteiger partial charge in [0.1, 0.15) is 13.2 Å². The molecule has 0 fully saturated rings. The summed E-state index contributed by atoms with van der Waals surface area (Å²) >= 11 is 0. The number of ether oxygens (including phenoxy) is 1. The summed E-state index contributed by atoms with van der Waals surface area (Å²) in [6, 6.07) is 0. The molecular formula is C9H20NO2+. The van der Waals surface area contributed by atoms with Crippen molar-refractivity contribution >= 4 is 5.97 Å². The summed E-state index contributed by atoms with van der Waals surface area (Å²) in [5, 5.41) is 0. The van der Waals surface area contributed by atoms with Gasteiger partial charge in [-0.3, -0.25) is 4.79 Å². The Morgan fingerprint density at radius 1 is 1.50 bits per heavy atom.